The topological polar surface area (TPSA) is 19.6 Å². The van der Waals surface area contributed by atoms with Crippen LogP contribution < -0.4 is 20.9 Å². The van der Waals surface area contributed by atoms with Crippen LogP contribution in [0.3, 0.4) is 0 Å². The second-order valence-corrected chi connectivity index (χ2v) is 23.1. The van der Waals surface area contributed by atoms with E-state index in [-0.39, 0.29) is 43.9 Å². The molecule has 1 aromatic heterocycles. The molecule has 3 nitrogen and oxygen atoms in total. The van der Waals surface area contributed by atoms with Crippen molar-refractivity contribution in [2.75, 3.05) is 9.80 Å². The van der Waals surface area contributed by atoms with Crippen LogP contribution >= 0.6 is 22.6 Å². The SMILES string of the molecule is CC1=CC2=C3B(c4cc(C(C)(C)C)ccc4N2c2ccc(C(C)(C)C)cc2)c2oc4c(c2N(C2C=CC(C(C)(C)C)=CC2)C3C1)C(C)(C)CC[C@@]4(C)I. The summed E-state index contributed by atoms with van der Waals surface area (Å²) in [6, 6.07) is 17.2. The standard InChI is InChI=1S/C48H60BIN2O/c1-29-26-37-40-38(27-29)52(34-21-16-31(17-22-34)45(5,6)7)41-39-42(48(13,50)25-24-47(39,11)12)53-43(41)49(40)35-28-32(46(8,9)10)18-23-36(35)51(37)33-19-14-30(15-20-33)44(2,3)4/h14-21,23,26,28,34,38H,22,24-25,27H2,1-13H3/t34?,38?,48-/m1/s1. The maximum absolute atomic E-state index is 7.55. The van der Waals surface area contributed by atoms with Crippen LogP contribution in [0.15, 0.2) is 93.5 Å². The van der Waals surface area contributed by atoms with E-state index in [1.807, 2.05) is 0 Å². The lowest BCUT2D eigenvalue weighted by atomic mass is 9.33. The number of hydrogen-bond donors (Lipinski definition) is 0. The summed E-state index contributed by atoms with van der Waals surface area (Å²) < 4.78 is 7.49. The minimum Gasteiger partial charge on any atom is -0.471 e. The Balaban J connectivity index is 1.44. The number of rotatable bonds is 2. The summed E-state index contributed by atoms with van der Waals surface area (Å²) in [6.45, 7) is 30.7. The highest BCUT2D eigenvalue weighted by atomic mass is 127. The first-order valence-electron chi connectivity index (χ1n) is 20.1. The molecule has 0 amide bonds. The summed E-state index contributed by atoms with van der Waals surface area (Å²) in [7, 11) is 0. The van der Waals surface area contributed by atoms with Crippen molar-refractivity contribution in [2.45, 2.75) is 147 Å². The van der Waals surface area contributed by atoms with E-state index in [0.29, 0.717) is 0 Å². The maximum Gasteiger partial charge on any atom is 0.292 e. The van der Waals surface area contributed by atoms with E-state index < -0.39 is 0 Å². The number of benzene rings is 2. The third-order valence-corrected chi connectivity index (χ3v) is 14.0. The first-order chi connectivity index (χ1) is 24.6. The highest BCUT2D eigenvalue weighted by molar-refractivity contribution is 14.1. The number of anilines is 3. The van der Waals surface area contributed by atoms with E-state index in [4.69, 9.17) is 4.42 Å². The quantitative estimate of drug-likeness (QED) is 0.146. The molecular weight excluding hydrogens is 758 g/mol. The molecule has 0 bridgehead atoms. The Kier molecular flexibility index (Phi) is 8.41. The molecule has 278 valence electrons. The summed E-state index contributed by atoms with van der Waals surface area (Å²) in [6.07, 6.45) is 14.3. The summed E-state index contributed by atoms with van der Waals surface area (Å²) in [5, 5.41) is 0. The Morgan fingerprint density at radius 3 is 2.11 bits per heavy atom. The predicted molar refractivity (Wildman–Crippen MR) is 237 cm³/mol. The fourth-order valence-electron chi connectivity index (χ4n) is 9.76. The number of furan rings is 1. The van der Waals surface area contributed by atoms with Crippen molar-refractivity contribution in [3.05, 3.63) is 112 Å². The molecule has 3 heterocycles. The molecule has 0 radical (unpaired) electrons. The van der Waals surface area contributed by atoms with Gasteiger partial charge in [-0.25, -0.2) is 0 Å². The molecule has 0 saturated heterocycles. The van der Waals surface area contributed by atoms with Gasteiger partial charge in [0.1, 0.15) is 5.76 Å². The zero-order valence-electron chi connectivity index (χ0n) is 34.6. The summed E-state index contributed by atoms with van der Waals surface area (Å²) >= 11 is 2.71. The second-order valence-electron chi connectivity index (χ2n) is 20.7. The number of nitrogens with zero attached hydrogens (tertiary/aromatic N) is 2. The van der Waals surface area contributed by atoms with Crippen LogP contribution in [0.25, 0.3) is 0 Å². The van der Waals surface area contributed by atoms with Crippen molar-refractivity contribution in [3.63, 3.8) is 0 Å². The van der Waals surface area contributed by atoms with Crippen LogP contribution in [0.4, 0.5) is 17.1 Å². The molecular formula is C48H60BIN2O. The fourth-order valence-corrected chi connectivity index (χ4v) is 10.4. The number of fused-ring (bicyclic) bond motifs is 6. The van der Waals surface area contributed by atoms with Gasteiger partial charge in [-0.15, -0.1) is 0 Å². The number of alkyl halides is 1. The van der Waals surface area contributed by atoms with E-state index >= 15 is 0 Å². The molecule has 0 N–H and O–H groups in total. The van der Waals surface area contributed by atoms with Gasteiger partial charge in [0.15, 0.2) is 0 Å². The Bertz CT molecular complexity index is 2120. The van der Waals surface area contributed by atoms with Crippen molar-refractivity contribution in [1.82, 2.24) is 0 Å². The minimum absolute atomic E-state index is 0.00925. The Morgan fingerprint density at radius 2 is 1.51 bits per heavy atom. The van der Waals surface area contributed by atoms with Gasteiger partial charge < -0.3 is 14.2 Å². The van der Waals surface area contributed by atoms with E-state index in [0.717, 1.165) is 25.7 Å². The van der Waals surface area contributed by atoms with Gasteiger partial charge in [0.05, 0.1) is 20.8 Å². The lowest BCUT2D eigenvalue weighted by molar-refractivity contribution is 0.347. The number of halogens is 1. The van der Waals surface area contributed by atoms with Gasteiger partial charge in [-0.2, -0.15) is 0 Å². The minimum atomic E-state index is -0.0600. The highest BCUT2D eigenvalue weighted by Gasteiger charge is 2.56. The molecule has 0 fully saturated rings. The average Bonchev–Trinajstić information content (AvgIpc) is 3.48. The third-order valence-electron chi connectivity index (χ3n) is 13.0. The zero-order chi connectivity index (χ0) is 38.2. The predicted octanol–water partition coefficient (Wildman–Crippen LogP) is 12.0. The van der Waals surface area contributed by atoms with E-state index in [2.05, 4.69) is 189 Å². The van der Waals surface area contributed by atoms with Gasteiger partial charge in [0.2, 0.25) is 0 Å². The van der Waals surface area contributed by atoms with Crippen LogP contribution in [-0.2, 0) is 19.7 Å². The molecule has 0 saturated carbocycles. The van der Waals surface area contributed by atoms with Crippen molar-refractivity contribution in [1.29, 1.82) is 0 Å². The van der Waals surface area contributed by atoms with Crippen LogP contribution in [0.5, 0.6) is 0 Å². The van der Waals surface area contributed by atoms with E-state index in [1.165, 1.54) is 73.0 Å². The lowest BCUT2D eigenvalue weighted by Gasteiger charge is -2.52. The Labute approximate surface area is 334 Å². The van der Waals surface area contributed by atoms with Crippen LogP contribution in [-0.4, -0.2) is 18.8 Å². The third kappa shape index (κ3) is 5.96. The molecule has 3 aromatic rings. The molecule has 53 heavy (non-hydrogen) atoms. The summed E-state index contributed by atoms with van der Waals surface area (Å²) in [5.74, 6) is 1.20. The van der Waals surface area contributed by atoms with Gasteiger partial charge in [-0.1, -0.05) is 147 Å². The molecule has 3 atom stereocenters. The first kappa shape index (κ1) is 37.0. The van der Waals surface area contributed by atoms with Gasteiger partial charge >= 0.3 is 0 Å². The molecule has 5 heteroatoms. The summed E-state index contributed by atoms with van der Waals surface area (Å²) in [5.41, 5.74) is 16.6. The Hall–Kier alpha value is -2.93. The zero-order valence-corrected chi connectivity index (χ0v) is 36.7. The number of hydrogen-bond acceptors (Lipinski definition) is 3. The fraction of sp³-hybridized carbons (Fsp3) is 0.500. The first-order valence-corrected chi connectivity index (χ1v) is 21.2. The van der Waals surface area contributed by atoms with Gasteiger partial charge in [0, 0.05) is 28.7 Å². The van der Waals surface area contributed by atoms with Crippen LogP contribution in [0.1, 0.15) is 138 Å². The maximum atomic E-state index is 7.55. The van der Waals surface area contributed by atoms with Gasteiger partial charge in [-0.05, 0) is 113 Å². The highest BCUT2D eigenvalue weighted by Crippen LogP contribution is 2.56. The largest absolute Gasteiger partial charge is 0.471 e. The molecule has 5 aliphatic rings. The van der Waals surface area contributed by atoms with Gasteiger partial charge in [0.25, 0.3) is 6.71 Å². The monoisotopic (exact) mass is 818 g/mol. The molecule has 3 aliphatic carbocycles. The summed E-state index contributed by atoms with van der Waals surface area (Å²) in [4.78, 5) is 5.44. The van der Waals surface area contributed by atoms with Crippen LogP contribution in [0, 0.1) is 5.41 Å². The van der Waals surface area contributed by atoms with Crippen molar-refractivity contribution >= 4 is 57.5 Å². The van der Waals surface area contributed by atoms with Crippen molar-refractivity contribution < 1.29 is 4.42 Å². The van der Waals surface area contributed by atoms with E-state index in [9.17, 15) is 0 Å². The lowest BCUT2D eigenvalue weighted by Crippen LogP contribution is -2.63. The molecule has 2 aromatic carbocycles. The van der Waals surface area contributed by atoms with Gasteiger partial charge in [-0.3, -0.25) is 0 Å². The smallest absolute Gasteiger partial charge is 0.292 e. The Morgan fingerprint density at radius 1 is 0.849 bits per heavy atom. The molecule has 8 rings (SSSR count). The molecule has 2 unspecified atom stereocenters. The normalized spacial score (nSPS) is 25.1. The van der Waals surface area contributed by atoms with Crippen molar-refractivity contribution in [2.24, 2.45) is 5.41 Å². The van der Waals surface area contributed by atoms with Crippen LogP contribution in [0.2, 0.25) is 0 Å². The average molecular weight is 819 g/mol. The second kappa shape index (κ2) is 12.0. The number of allylic oxidation sites excluding steroid dienone is 3. The molecule has 2 aliphatic heterocycles. The van der Waals surface area contributed by atoms with E-state index in [1.54, 1.807) is 0 Å². The van der Waals surface area contributed by atoms with Crippen molar-refractivity contribution in [3.8, 4) is 0 Å². The molecule has 0 spiro atoms.